The van der Waals surface area contributed by atoms with E-state index in [1.165, 1.54) is 0 Å². The number of hydrogen-bond acceptors (Lipinski definition) is 1. The van der Waals surface area contributed by atoms with Gasteiger partial charge in [0.2, 0.25) is 0 Å². The zero-order valence-electron chi connectivity index (χ0n) is 2.44. The molecule has 0 saturated heterocycles. The van der Waals surface area contributed by atoms with Crippen LogP contribution in [0, 0.1) is 0 Å². The van der Waals surface area contributed by atoms with Crippen LogP contribution in [0.1, 0.15) is 0 Å². The van der Waals surface area contributed by atoms with Crippen LogP contribution in [0.3, 0.4) is 0 Å². The Morgan fingerprint density at radius 1 is 1.80 bits per heavy atom. The summed E-state index contributed by atoms with van der Waals surface area (Å²) >= 11 is 3.80. The third-order valence-electron chi connectivity index (χ3n) is 0.129. The van der Waals surface area contributed by atoms with Crippen molar-refractivity contribution in [3.63, 3.8) is 0 Å². The van der Waals surface area contributed by atoms with Gasteiger partial charge in [0.05, 0.1) is 0 Å². The van der Waals surface area contributed by atoms with E-state index in [4.69, 9.17) is 0 Å². The number of hydrogen-bond donors (Lipinski definition) is 1. The van der Waals surface area contributed by atoms with E-state index in [0.717, 1.165) is 5.75 Å². The molecule has 0 aromatic heterocycles. The first-order chi connectivity index (χ1) is 1.91. The summed E-state index contributed by atoms with van der Waals surface area (Å²) in [6, 6.07) is 0. The van der Waals surface area contributed by atoms with Crippen molar-refractivity contribution in [2.24, 2.45) is 0 Å². The summed E-state index contributed by atoms with van der Waals surface area (Å²) < 4.78 is 0. The minimum absolute atomic E-state index is 0. The molecule has 0 aliphatic carbocycles. The quantitative estimate of drug-likeness (QED) is 0.286. The molecule has 0 unspecified atom stereocenters. The minimum atomic E-state index is 0. The molecule has 0 aromatic rings. The monoisotopic (exact) mass is 114 g/mol. The van der Waals surface area contributed by atoms with Crippen LogP contribution in [-0.4, -0.2) is 57.1 Å². The van der Waals surface area contributed by atoms with Crippen molar-refractivity contribution in [2.45, 2.75) is 0 Å². The first kappa shape index (κ1) is 9.87. The molecule has 0 saturated carbocycles. The van der Waals surface area contributed by atoms with Gasteiger partial charge in [-0.1, -0.05) is 6.08 Å². The zero-order valence-corrected chi connectivity index (χ0v) is 3.33. The molecule has 0 aromatic carbocycles. The van der Waals surface area contributed by atoms with Crippen LogP contribution < -0.4 is 0 Å². The van der Waals surface area contributed by atoms with Gasteiger partial charge in [-0.15, -0.1) is 6.58 Å². The number of thiol groups is 1. The maximum atomic E-state index is 3.80. The van der Waals surface area contributed by atoms with Gasteiger partial charge in [0, 0.05) is 5.75 Å². The van der Waals surface area contributed by atoms with E-state index >= 15 is 0 Å². The Kier molecular flexibility index (Phi) is 18.2. The van der Waals surface area contributed by atoms with Crippen molar-refractivity contribution >= 4 is 64.0 Å². The van der Waals surface area contributed by atoms with E-state index < -0.39 is 0 Å². The molecule has 0 atom stereocenters. The Balaban J connectivity index is 0. The van der Waals surface area contributed by atoms with Crippen LogP contribution in [-0.2, 0) is 0 Å². The first-order valence-electron chi connectivity index (χ1n) is 1.13. The van der Waals surface area contributed by atoms with Gasteiger partial charge >= 0.3 is 51.4 Å². The first-order valence-corrected chi connectivity index (χ1v) is 1.77. The molecule has 0 amide bonds. The Morgan fingerprint density at radius 3 is 2.00 bits per heavy atom. The van der Waals surface area contributed by atoms with Crippen LogP contribution in [0.15, 0.2) is 12.7 Å². The molecule has 0 spiro atoms. The second kappa shape index (κ2) is 9.21. The molecular formula is C3H7KS. The molecule has 0 rings (SSSR count). The summed E-state index contributed by atoms with van der Waals surface area (Å²) in [5, 5.41) is 0. The van der Waals surface area contributed by atoms with Crippen LogP contribution >= 0.6 is 12.6 Å². The third kappa shape index (κ3) is 10.7. The molecular weight excluding hydrogens is 107 g/mol. The summed E-state index contributed by atoms with van der Waals surface area (Å²) in [6.45, 7) is 3.40. The predicted octanol–water partition coefficient (Wildman–Crippen LogP) is 0.454. The van der Waals surface area contributed by atoms with Crippen LogP contribution in [0.5, 0.6) is 0 Å². The SMILES string of the molecule is C=CCS.[KH]. The fraction of sp³-hybridized carbons (Fsp3) is 0.333. The molecule has 0 nitrogen and oxygen atoms in total. The second-order valence-corrected chi connectivity index (χ2v) is 0.836. The molecule has 5 heavy (non-hydrogen) atoms. The van der Waals surface area contributed by atoms with E-state index in [1.54, 1.807) is 6.08 Å². The molecule has 0 aliphatic heterocycles. The van der Waals surface area contributed by atoms with E-state index in [2.05, 4.69) is 19.2 Å². The average molecular weight is 114 g/mol. The van der Waals surface area contributed by atoms with Gasteiger partial charge in [-0.2, -0.15) is 12.6 Å². The van der Waals surface area contributed by atoms with Gasteiger partial charge < -0.3 is 0 Å². The van der Waals surface area contributed by atoms with Gasteiger partial charge in [0.25, 0.3) is 0 Å². The molecule has 0 heterocycles. The molecule has 0 N–H and O–H groups in total. The zero-order chi connectivity index (χ0) is 3.41. The van der Waals surface area contributed by atoms with Crippen LogP contribution in [0.25, 0.3) is 0 Å². The topological polar surface area (TPSA) is 0 Å². The summed E-state index contributed by atoms with van der Waals surface area (Å²) in [7, 11) is 0. The van der Waals surface area contributed by atoms with Crippen molar-refractivity contribution in [3.8, 4) is 0 Å². The Morgan fingerprint density at radius 2 is 2.00 bits per heavy atom. The van der Waals surface area contributed by atoms with Gasteiger partial charge in [-0.25, -0.2) is 0 Å². The summed E-state index contributed by atoms with van der Waals surface area (Å²) in [6.07, 6.45) is 1.74. The van der Waals surface area contributed by atoms with Crippen molar-refractivity contribution in [3.05, 3.63) is 12.7 Å². The van der Waals surface area contributed by atoms with Gasteiger partial charge in [-0.3, -0.25) is 0 Å². The number of rotatable bonds is 1. The second-order valence-electron chi connectivity index (χ2n) is 0.471. The molecule has 0 bridgehead atoms. The maximum absolute atomic E-state index is 3.80. The van der Waals surface area contributed by atoms with Crippen LogP contribution in [0.4, 0.5) is 0 Å². The standard InChI is InChI=1S/C3H6S.K.H/c1-2-3-4;;/h2,4H,1,3H2;;. The molecule has 0 radical (unpaired) electrons. The molecule has 0 aliphatic rings. The van der Waals surface area contributed by atoms with Crippen LogP contribution in [0.2, 0.25) is 0 Å². The van der Waals surface area contributed by atoms with E-state index in [-0.39, 0.29) is 51.4 Å². The van der Waals surface area contributed by atoms with Gasteiger partial charge in [0.15, 0.2) is 0 Å². The van der Waals surface area contributed by atoms with E-state index in [9.17, 15) is 0 Å². The van der Waals surface area contributed by atoms with Gasteiger partial charge in [0.1, 0.15) is 0 Å². The summed E-state index contributed by atoms with van der Waals surface area (Å²) in [5.41, 5.74) is 0. The Bertz CT molecular complexity index is 20.9. The van der Waals surface area contributed by atoms with Crippen molar-refractivity contribution < 1.29 is 0 Å². The normalized spacial score (nSPS) is 5.00. The summed E-state index contributed by atoms with van der Waals surface area (Å²) in [4.78, 5) is 0. The molecule has 2 heteroatoms. The summed E-state index contributed by atoms with van der Waals surface area (Å²) in [5.74, 6) is 0.778. The predicted molar refractivity (Wildman–Crippen MR) is 31.2 cm³/mol. The fourth-order valence-corrected chi connectivity index (χ4v) is 0. The average Bonchev–Trinajstić information content (AvgIpc) is 1.37. The fourth-order valence-electron chi connectivity index (χ4n) is 0. The molecule has 0 fully saturated rings. The van der Waals surface area contributed by atoms with E-state index in [0.29, 0.717) is 0 Å². The Labute approximate surface area is 80.9 Å². The van der Waals surface area contributed by atoms with E-state index in [1.807, 2.05) is 0 Å². The van der Waals surface area contributed by atoms with Gasteiger partial charge in [-0.05, 0) is 0 Å². The van der Waals surface area contributed by atoms with Crippen molar-refractivity contribution in [2.75, 3.05) is 5.75 Å². The van der Waals surface area contributed by atoms with Crippen molar-refractivity contribution in [1.82, 2.24) is 0 Å². The van der Waals surface area contributed by atoms with Crippen molar-refractivity contribution in [1.29, 1.82) is 0 Å². The Hall–Kier alpha value is 1.73. The third-order valence-corrected chi connectivity index (χ3v) is 0.387. The molecule has 26 valence electrons.